The number of nitrogens with two attached hydrogens (primary N) is 1. The molecule has 2 heterocycles. The minimum Gasteiger partial charge on any atom is -0.330 e. The fourth-order valence-electron chi connectivity index (χ4n) is 4.93. The van der Waals surface area contributed by atoms with Gasteiger partial charge in [-0.05, 0) is 60.0 Å². The number of carbonyl (C=O) groups is 1. The Morgan fingerprint density at radius 1 is 0.846 bits per heavy atom. The van der Waals surface area contributed by atoms with Crippen LogP contribution in [0.15, 0.2) is 96.1 Å². The number of amides is 2. The number of urea groups is 1. The lowest BCUT2D eigenvalue weighted by Gasteiger charge is -2.26. The molecule has 0 bridgehead atoms. The number of aromatic nitrogens is 1. The van der Waals surface area contributed by atoms with Gasteiger partial charge in [0.15, 0.2) is 0 Å². The second-order valence-corrected chi connectivity index (χ2v) is 10.6. The fraction of sp³-hybridized carbons (Fsp3) is 0.194. The van der Waals surface area contributed by atoms with E-state index >= 15 is 0 Å². The van der Waals surface area contributed by atoms with Gasteiger partial charge in [-0.2, -0.15) is 5.10 Å². The van der Waals surface area contributed by atoms with Crippen molar-refractivity contribution in [3.05, 3.63) is 107 Å². The van der Waals surface area contributed by atoms with Gasteiger partial charge < -0.3 is 5.73 Å². The van der Waals surface area contributed by atoms with E-state index in [4.69, 9.17) is 15.8 Å². The average molecular weight is 556 g/mol. The molecule has 198 valence electrons. The lowest BCUT2D eigenvalue weighted by atomic mass is 10.0. The molecule has 2 N–H and O–H groups in total. The van der Waals surface area contributed by atoms with Crippen molar-refractivity contribution < 1.29 is 4.79 Å². The molecule has 4 aromatic carbocycles. The molecule has 8 heteroatoms. The molecule has 39 heavy (non-hydrogen) atoms. The van der Waals surface area contributed by atoms with E-state index in [0.29, 0.717) is 32.5 Å². The van der Waals surface area contributed by atoms with Crippen molar-refractivity contribution in [3.63, 3.8) is 0 Å². The predicted molar refractivity (Wildman–Crippen MR) is 164 cm³/mol. The van der Waals surface area contributed by atoms with Crippen molar-refractivity contribution in [2.45, 2.75) is 25.8 Å². The van der Waals surface area contributed by atoms with E-state index in [1.165, 1.54) is 10.1 Å². The third-order valence-corrected chi connectivity index (χ3v) is 7.94. The minimum absolute atomic E-state index is 0. The first kappa shape index (κ1) is 26.8. The van der Waals surface area contributed by atoms with Gasteiger partial charge in [0.2, 0.25) is 0 Å². The molecule has 0 fully saturated rings. The largest absolute Gasteiger partial charge is 0.345 e. The van der Waals surface area contributed by atoms with Gasteiger partial charge in [0.05, 0.1) is 33.2 Å². The Kier molecular flexibility index (Phi) is 8.21. The van der Waals surface area contributed by atoms with Gasteiger partial charge in [-0.15, -0.1) is 23.7 Å². The number of anilines is 1. The van der Waals surface area contributed by atoms with Crippen molar-refractivity contribution in [2.75, 3.05) is 18.0 Å². The Morgan fingerprint density at radius 3 is 2.46 bits per heavy atom. The molecule has 0 saturated carbocycles. The van der Waals surface area contributed by atoms with E-state index in [2.05, 4.69) is 42.5 Å². The highest BCUT2D eigenvalue weighted by Crippen LogP contribution is 2.31. The standard InChI is InChI=1S/C31H29N5OS.ClH/c32-18-7-19-36-31(37)35(21-22-14-15-23-8-1-2-9-24(23)20-22)28-12-5-3-10-25(28)26(34-36)16-17-30-33-27-11-4-6-13-29(27)38-30;/h1-6,8-15,20H,7,16-19,21,32H2;1H. The highest BCUT2D eigenvalue weighted by Gasteiger charge is 2.29. The molecule has 0 atom stereocenters. The summed E-state index contributed by atoms with van der Waals surface area (Å²) in [5.74, 6) is 0. The van der Waals surface area contributed by atoms with E-state index in [0.717, 1.165) is 44.9 Å². The molecule has 6 rings (SSSR count). The number of hydrogen-bond acceptors (Lipinski definition) is 5. The molecule has 1 aliphatic rings. The summed E-state index contributed by atoms with van der Waals surface area (Å²) in [6, 6.07) is 30.8. The van der Waals surface area contributed by atoms with Crippen LogP contribution in [0, 0.1) is 0 Å². The van der Waals surface area contributed by atoms with Crippen LogP contribution in [0.25, 0.3) is 21.0 Å². The maximum Gasteiger partial charge on any atom is 0.345 e. The Morgan fingerprint density at radius 2 is 1.62 bits per heavy atom. The van der Waals surface area contributed by atoms with Crippen LogP contribution in [0.3, 0.4) is 0 Å². The summed E-state index contributed by atoms with van der Waals surface area (Å²) < 4.78 is 1.19. The first-order valence-electron chi connectivity index (χ1n) is 13.0. The van der Waals surface area contributed by atoms with Crippen LogP contribution in [0.5, 0.6) is 0 Å². The first-order chi connectivity index (χ1) is 18.7. The summed E-state index contributed by atoms with van der Waals surface area (Å²) in [5.41, 5.74) is 10.7. The number of benzene rings is 4. The molecular formula is C31H30ClN5OS. The zero-order valence-electron chi connectivity index (χ0n) is 21.5. The van der Waals surface area contributed by atoms with Crippen LogP contribution in [0.2, 0.25) is 0 Å². The molecule has 5 aromatic rings. The van der Waals surface area contributed by atoms with E-state index in [-0.39, 0.29) is 18.4 Å². The molecule has 0 radical (unpaired) electrons. The highest BCUT2D eigenvalue weighted by atomic mass is 35.5. The Labute approximate surface area is 238 Å². The van der Waals surface area contributed by atoms with E-state index in [1.807, 2.05) is 53.4 Å². The minimum atomic E-state index is -0.131. The molecule has 2 amide bonds. The van der Waals surface area contributed by atoms with Gasteiger partial charge >= 0.3 is 6.03 Å². The summed E-state index contributed by atoms with van der Waals surface area (Å²) in [6.07, 6.45) is 2.13. The summed E-state index contributed by atoms with van der Waals surface area (Å²) in [7, 11) is 0. The van der Waals surface area contributed by atoms with Crippen molar-refractivity contribution in [2.24, 2.45) is 10.8 Å². The SMILES string of the molecule is Cl.NCCCN1N=C(CCc2nc3ccccc3s2)c2ccccc2N(Cc2ccc3ccccc3c2)C1=O. The number of hydrogen-bond donors (Lipinski definition) is 1. The van der Waals surface area contributed by atoms with E-state index in [9.17, 15) is 4.79 Å². The molecule has 0 saturated heterocycles. The van der Waals surface area contributed by atoms with Gasteiger partial charge in [0.25, 0.3) is 0 Å². The molecular weight excluding hydrogens is 526 g/mol. The number of nitrogens with zero attached hydrogens (tertiary/aromatic N) is 4. The summed E-state index contributed by atoms with van der Waals surface area (Å²) in [6.45, 7) is 1.43. The fourth-order valence-corrected chi connectivity index (χ4v) is 5.90. The van der Waals surface area contributed by atoms with Crippen molar-refractivity contribution in [3.8, 4) is 0 Å². The third kappa shape index (κ3) is 5.66. The van der Waals surface area contributed by atoms with Crippen LogP contribution in [0.4, 0.5) is 10.5 Å². The zero-order valence-corrected chi connectivity index (χ0v) is 23.1. The molecule has 1 aliphatic heterocycles. The Hall–Kier alpha value is -3.78. The molecule has 0 spiro atoms. The number of rotatable bonds is 8. The third-order valence-electron chi connectivity index (χ3n) is 6.84. The number of para-hydroxylation sites is 2. The molecule has 6 nitrogen and oxygen atoms in total. The smallest absolute Gasteiger partial charge is 0.330 e. The average Bonchev–Trinajstić information content (AvgIpc) is 3.34. The van der Waals surface area contributed by atoms with E-state index in [1.54, 1.807) is 16.3 Å². The number of aryl methyl sites for hydroxylation is 1. The summed E-state index contributed by atoms with van der Waals surface area (Å²) >= 11 is 1.72. The lowest BCUT2D eigenvalue weighted by Crippen LogP contribution is -2.40. The molecule has 0 unspecified atom stereocenters. The van der Waals surface area contributed by atoms with E-state index < -0.39 is 0 Å². The second kappa shape index (κ2) is 11.9. The van der Waals surface area contributed by atoms with Gasteiger partial charge in [-0.1, -0.05) is 66.7 Å². The van der Waals surface area contributed by atoms with Crippen molar-refractivity contribution in [1.29, 1.82) is 0 Å². The normalized spacial score (nSPS) is 13.3. The van der Waals surface area contributed by atoms with Crippen LogP contribution in [-0.4, -0.2) is 34.8 Å². The number of halogens is 1. The number of carbonyl (C=O) groups excluding carboxylic acids is 1. The summed E-state index contributed by atoms with van der Waals surface area (Å²) in [5, 5.41) is 9.94. The van der Waals surface area contributed by atoms with Crippen molar-refractivity contribution >= 4 is 62.2 Å². The van der Waals surface area contributed by atoms with Gasteiger partial charge in [-0.25, -0.2) is 14.8 Å². The van der Waals surface area contributed by atoms with Gasteiger partial charge in [0, 0.05) is 18.5 Å². The molecule has 0 aliphatic carbocycles. The monoisotopic (exact) mass is 555 g/mol. The van der Waals surface area contributed by atoms with Gasteiger partial charge in [0.1, 0.15) is 0 Å². The van der Waals surface area contributed by atoms with Crippen LogP contribution in [-0.2, 0) is 13.0 Å². The quantitative estimate of drug-likeness (QED) is 0.224. The maximum atomic E-state index is 13.9. The predicted octanol–water partition coefficient (Wildman–Crippen LogP) is 7.00. The molecule has 1 aromatic heterocycles. The van der Waals surface area contributed by atoms with Crippen LogP contribution in [0.1, 0.15) is 29.0 Å². The van der Waals surface area contributed by atoms with Gasteiger partial charge in [-0.3, -0.25) is 4.90 Å². The van der Waals surface area contributed by atoms with Crippen LogP contribution >= 0.6 is 23.7 Å². The van der Waals surface area contributed by atoms with Crippen molar-refractivity contribution in [1.82, 2.24) is 9.99 Å². The number of hydrazone groups is 1. The topological polar surface area (TPSA) is 74.8 Å². The zero-order chi connectivity index (χ0) is 25.9. The second-order valence-electron chi connectivity index (χ2n) is 9.45. The lowest BCUT2D eigenvalue weighted by molar-refractivity contribution is 0.206. The number of fused-ring (bicyclic) bond motifs is 3. The number of thiazole rings is 1. The Balaban J connectivity index is 0.00000308. The highest BCUT2D eigenvalue weighted by molar-refractivity contribution is 7.18. The van der Waals surface area contributed by atoms with Crippen LogP contribution < -0.4 is 10.6 Å². The summed E-state index contributed by atoms with van der Waals surface area (Å²) in [4.78, 5) is 20.6. The Bertz CT molecular complexity index is 1620. The maximum absolute atomic E-state index is 13.9. The first-order valence-corrected chi connectivity index (χ1v) is 13.8.